The van der Waals surface area contributed by atoms with Crippen LogP contribution in [0.15, 0.2) is 0 Å². The van der Waals surface area contributed by atoms with Crippen molar-refractivity contribution in [1.29, 1.82) is 0 Å². The van der Waals surface area contributed by atoms with E-state index in [0.717, 1.165) is 25.8 Å². The molecule has 0 aliphatic heterocycles. The van der Waals surface area contributed by atoms with E-state index in [0.29, 0.717) is 31.5 Å². The molecule has 1 amide bonds. The van der Waals surface area contributed by atoms with E-state index in [-0.39, 0.29) is 24.2 Å². The Bertz CT molecular complexity index is 262. The van der Waals surface area contributed by atoms with Gasteiger partial charge in [-0.25, -0.2) is 0 Å². The Balaban J connectivity index is 0.00000324. The van der Waals surface area contributed by atoms with Gasteiger partial charge in [0.1, 0.15) is 0 Å². The van der Waals surface area contributed by atoms with Crippen molar-refractivity contribution in [3.05, 3.63) is 0 Å². The molecule has 5 heteroatoms. The Labute approximate surface area is 123 Å². The van der Waals surface area contributed by atoms with E-state index in [2.05, 4.69) is 13.8 Å². The predicted octanol–water partition coefficient (Wildman–Crippen LogP) is 1.91. The smallest absolute Gasteiger partial charge is 0.226 e. The van der Waals surface area contributed by atoms with Gasteiger partial charge in [0.2, 0.25) is 5.91 Å². The molecule has 1 aliphatic rings. The van der Waals surface area contributed by atoms with Crippen LogP contribution in [0, 0.1) is 17.8 Å². The standard InChI is InChI=1S/C14H28N2O2.ClH/c1-11(2)10-16(7-8-18-3)14(17)13-6-4-5-12(13)9-15;/h11-13H,4-10,15H2,1-3H3;1H/t12-,13-;/m1./s1. The number of hydrogen-bond acceptors (Lipinski definition) is 3. The van der Waals surface area contributed by atoms with Crippen molar-refractivity contribution in [3.63, 3.8) is 0 Å². The molecule has 0 bridgehead atoms. The van der Waals surface area contributed by atoms with Crippen molar-refractivity contribution >= 4 is 18.3 Å². The van der Waals surface area contributed by atoms with Crippen molar-refractivity contribution in [2.24, 2.45) is 23.5 Å². The van der Waals surface area contributed by atoms with E-state index in [4.69, 9.17) is 10.5 Å². The zero-order valence-electron chi connectivity index (χ0n) is 12.4. The molecule has 0 aromatic rings. The van der Waals surface area contributed by atoms with Gasteiger partial charge in [0.15, 0.2) is 0 Å². The quantitative estimate of drug-likeness (QED) is 0.780. The minimum Gasteiger partial charge on any atom is -0.383 e. The topological polar surface area (TPSA) is 55.6 Å². The lowest BCUT2D eigenvalue weighted by atomic mass is 9.94. The van der Waals surface area contributed by atoms with Gasteiger partial charge in [0, 0.05) is 26.1 Å². The first kappa shape index (κ1) is 18.7. The second kappa shape index (κ2) is 9.56. The SMILES string of the molecule is COCCN(CC(C)C)C(=O)[C@@H]1CCC[C@@H]1CN.Cl. The average molecular weight is 293 g/mol. The molecule has 0 radical (unpaired) electrons. The normalized spacial score (nSPS) is 22.4. The Hall–Kier alpha value is -0.320. The van der Waals surface area contributed by atoms with Crippen molar-refractivity contribution in [3.8, 4) is 0 Å². The number of halogens is 1. The van der Waals surface area contributed by atoms with Crippen molar-refractivity contribution < 1.29 is 9.53 Å². The van der Waals surface area contributed by atoms with E-state index in [9.17, 15) is 4.79 Å². The average Bonchev–Trinajstić information content (AvgIpc) is 2.81. The molecule has 1 fully saturated rings. The first-order chi connectivity index (χ1) is 8.60. The van der Waals surface area contributed by atoms with Crippen LogP contribution in [0.4, 0.5) is 0 Å². The van der Waals surface area contributed by atoms with Crippen molar-refractivity contribution in [2.75, 3.05) is 33.4 Å². The van der Waals surface area contributed by atoms with Crippen LogP contribution in [-0.2, 0) is 9.53 Å². The molecule has 19 heavy (non-hydrogen) atoms. The van der Waals surface area contributed by atoms with E-state index < -0.39 is 0 Å². The number of methoxy groups -OCH3 is 1. The molecule has 0 spiro atoms. The molecular formula is C14H29ClN2O2. The monoisotopic (exact) mass is 292 g/mol. The lowest BCUT2D eigenvalue weighted by Gasteiger charge is -2.29. The molecule has 114 valence electrons. The fraction of sp³-hybridized carbons (Fsp3) is 0.929. The van der Waals surface area contributed by atoms with Crippen LogP contribution < -0.4 is 5.73 Å². The summed E-state index contributed by atoms with van der Waals surface area (Å²) in [4.78, 5) is 14.5. The van der Waals surface area contributed by atoms with Crippen LogP contribution in [0.5, 0.6) is 0 Å². The summed E-state index contributed by atoms with van der Waals surface area (Å²) in [5.41, 5.74) is 5.77. The predicted molar refractivity (Wildman–Crippen MR) is 80.4 cm³/mol. The number of ether oxygens (including phenoxy) is 1. The van der Waals surface area contributed by atoms with Gasteiger partial charge in [-0.2, -0.15) is 0 Å². The van der Waals surface area contributed by atoms with Crippen molar-refractivity contribution in [2.45, 2.75) is 33.1 Å². The number of nitrogens with zero attached hydrogens (tertiary/aromatic N) is 1. The summed E-state index contributed by atoms with van der Waals surface area (Å²) in [6, 6.07) is 0. The minimum atomic E-state index is 0. The van der Waals surface area contributed by atoms with E-state index in [1.54, 1.807) is 7.11 Å². The first-order valence-corrected chi connectivity index (χ1v) is 7.08. The van der Waals surface area contributed by atoms with Crippen LogP contribution in [0.25, 0.3) is 0 Å². The Morgan fingerprint density at radius 3 is 2.63 bits per heavy atom. The Kier molecular flexibility index (Phi) is 9.40. The van der Waals surface area contributed by atoms with E-state index in [1.807, 2.05) is 4.90 Å². The maximum Gasteiger partial charge on any atom is 0.226 e. The molecular weight excluding hydrogens is 264 g/mol. The van der Waals surface area contributed by atoms with Gasteiger partial charge < -0.3 is 15.4 Å². The lowest BCUT2D eigenvalue weighted by Crippen LogP contribution is -2.42. The van der Waals surface area contributed by atoms with Crippen LogP contribution in [0.1, 0.15) is 33.1 Å². The van der Waals surface area contributed by atoms with Gasteiger partial charge in [0.25, 0.3) is 0 Å². The number of carbonyl (C=O) groups is 1. The summed E-state index contributed by atoms with van der Waals surface area (Å²) in [5, 5.41) is 0. The number of nitrogens with two attached hydrogens (primary N) is 1. The Morgan fingerprint density at radius 1 is 1.42 bits per heavy atom. The second-order valence-corrected chi connectivity index (χ2v) is 5.70. The van der Waals surface area contributed by atoms with Gasteiger partial charge in [-0.05, 0) is 31.2 Å². The molecule has 1 aliphatic carbocycles. The highest BCUT2D eigenvalue weighted by molar-refractivity contribution is 5.85. The largest absolute Gasteiger partial charge is 0.383 e. The summed E-state index contributed by atoms with van der Waals surface area (Å²) < 4.78 is 5.10. The van der Waals surface area contributed by atoms with Gasteiger partial charge in [-0.15, -0.1) is 12.4 Å². The molecule has 0 aromatic heterocycles. The van der Waals surface area contributed by atoms with E-state index in [1.165, 1.54) is 0 Å². The van der Waals surface area contributed by atoms with Gasteiger partial charge in [-0.1, -0.05) is 20.3 Å². The lowest BCUT2D eigenvalue weighted by molar-refractivity contribution is -0.137. The van der Waals surface area contributed by atoms with E-state index >= 15 is 0 Å². The van der Waals surface area contributed by atoms with Crippen LogP contribution >= 0.6 is 12.4 Å². The van der Waals surface area contributed by atoms with Gasteiger partial charge in [-0.3, -0.25) is 4.79 Å². The van der Waals surface area contributed by atoms with Gasteiger partial charge >= 0.3 is 0 Å². The molecule has 0 aromatic carbocycles. The highest BCUT2D eigenvalue weighted by Gasteiger charge is 2.34. The highest BCUT2D eigenvalue weighted by atomic mass is 35.5. The van der Waals surface area contributed by atoms with Crippen LogP contribution in [-0.4, -0.2) is 44.2 Å². The summed E-state index contributed by atoms with van der Waals surface area (Å²) in [7, 11) is 1.68. The maximum atomic E-state index is 12.6. The summed E-state index contributed by atoms with van der Waals surface area (Å²) >= 11 is 0. The third-order valence-corrected chi connectivity index (χ3v) is 3.74. The first-order valence-electron chi connectivity index (χ1n) is 7.08. The molecule has 2 N–H and O–H groups in total. The number of rotatable bonds is 7. The second-order valence-electron chi connectivity index (χ2n) is 5.70. The maximum absolute atomic E-state index is 12.6. The summed E-state index contributed by atoms with van der Waals surface area (Å²) in [5.74, 6) is 1.30. The van der Waals surface area contributed by atoms with Gasteiger partial charge in [0.05, 0.1) is 6.61 Å². The zero-order chi connectivity index (χ0) is 13.5. The summed E-state index contributed by atoms with van der Waals surface area (Å²) in [6.45, 7) is 7.04. The number of carbonyl (C=O) groups excluding carboxylic acids is 1. The molecule has 0 heterocycles. The van der Waals surface area contributed by atoms with Crippen LogP contribution in [0.3, 0.4) is 0 Å². The fourth-order valence-corrected chi connectivity index (χ4v) is 2.81. The third kappa shape index (κ3) is 5.67. The Morgan fingerprint density at radius 2 is 2.11 bits per heavy atom. The number of amides is 1. The molecule has 1 rings (SSSR count). The highest BCUT2D eigenvalue weighted by Crippen LogP contribution is 2.32. The number of hydrogen-bond donors (Lipinski definition) is 1. The fourth-order valence-electron chi connectivity index (χ4n) is 2.81. The molecule has 0 unspecified atom stereocenters. The van der Waals surface area contributed by atoms with Crippen molar-refractivity contribution in [1.82, 2.24) is 4.90 Å². The molecule has 4 nitrogen and oxygen atoms in total. The van der Waals surface area contributed by atoms with Crippen LogP contribution in [0.2, 0.25) is 0 Å². The third-order valence-electron chi connectivity index (χ3n) is 3.74. The molecule has 0 saturated heterocycles. The molecule has 2 atom stereocenters. The minimum absolute atomic E-state index is 0. The summed E-state index contributed by atoms with van der Waals surface area (Å²) in [6.07, 6.45) is 3.24. The zero-order valence-corrected chi connectivity index (χ0v) is 13.2. The molecule has 1 saturated carbocycles.